The molecule has 1 aliphatic rings. The van der Waals surface area contributed by atoms with Crippen molar-refractivity contribution < 1.29 is 9.55 Å². The molecule has 0 fully saturated rings. The Balaban J connectivity index is 2.76. The van der Waals surface area contributed by atoms with Crippen molar-refractivity contribution in [2.75, 3.05) is 6.54 Å². The van der Waals surface area contributed by atoms with Gasteiger partial charge in [-0.3, -0.25) is 4.79 Å². The molecule has 3 heteroatoms. The summed E-state index contributed by atoms with van der Waals surface area (Å²) in [5, 5.41) is 0. The predicted octanol–water partition coefficient (Wildman–Crippen LogP) is -0.138. The van der Waals surface area contributed by atoms with E-state index in [0.29, 0.717) is 4.76 Å². The Morgan fingerprint density at radius 1 is 1.71 bits per heavy atom. The third-order valence-electron chi connectivity index (χ3n) is 0.738. The highest BCUT2D eigenvalue weighted by molar-refractivity contribution is 5.91. The Hall–Kier alpha value is -0.990. The van der Waals surface area contributed by atoms with E-state index in [4.69, 9.17) is 0 Å². The van der Waals surface area contributed by atoms with Crippen LogP contribution in [0.25, 0.3) is 0 Å². The van der Waals surface area contributed by atoms with Crippen molar-refractivity contribution >= 4 is 5.78 Å². The van der Waals surface area contributed by atoms with E-state index in [9.17, 15) is 9.70 Å². The summed E-state index contributed by atoms with van der Waals surface area (Å²) < 4.78 is 0.600. The van der Waals surface area contributed by atoms with Crippen LogP contribution in [0.4, 0.5) is 0 Å². The van der Waals surface area contributed by atoms with Crippen LogP contribution in [-0.2, 0) is 4.79 Å². The van der Waals surface area contributed by atoms with E-state index in [2.05, 4.69) is 0 Å². The molecule has 0 saturated carbocycles. The smallest absolute Gasteiger partial charge is 0.259 e. The van der Waals surface area contributed by atoms with Gasteiger partial charge in [-0.05, 0) is 0 Å². The summed E-state index contributed by atoms with van der Waals surface area (Å²) in [5.41, 5.74) is 0. The SMILES string of the molecule is O=C1C=C[N+](=O)C1. The summed E-state index contributed by atoms with van der Waals surface area (Å²) in [7, 11) is 0. The molecule has 1 aliphatic heterocycles. The van der Waals surface area contributed by atoms with Gasteiger partial charge < -0.3 is 0 Å². The second-order valence-corrected chi connectivity index (χ2v) is 1.36. The molecule has 0 aromatic heterocycles. The molecule has 0 atom stereocenters. The number of ketones is 1. The van der Waals surface area contributed by atoms with Crippen LogP contribution in [-0.4, -0.2) is 17.1 Å². The summed E-state index contributed by atoms with van der Waals surface area (Å²) in [6, 6.07) is 0. The van der Waals surface area contributed by atoms with Crippen molar-refractivity contribution in [3.63, 3.8) is 0 Å². The maximum atomic E-state index is 10.1. The van der Waals surface area contributed by atoms with Gasteiger partial charge in [-0.25, -0.2) is 0 Å². The minimum atomic E-state index is -0.116. The van der Waals surface area contributed by atoms with Crippen LogP contribution in [0.5, 0.6) is 0 Å². The first-order chi connectivity index (χ1) is 3.29. The van der Waals surface area contributed by atoms with Crippen molar-refractivity contribution in [2.45, 2.75) is 0 Å². The topological polar surface area (TPSA) is 37.1 Å². The zero-order valence-corrected chi connectivity index (χ0v) is 3.63. The highest BCUT2D eigenvalue weighted by atomic mass is 16.3. The van der Waals surface area contributed by atoms with E-state index in [0.717, 1.165) is 0 Å². The molecule has 1 heterocycles. The molecule has 0 aliphatic carbocycles. The minimum absolute atomic E-state index is 0.000000000000000222. The van der Waals surface area contributed by atoms with E-state index in [1.807, 2.05) is 0 Å². The number of nitroso groups, excluding NO2 is 1. The maximum Gasteiger partial charge on any atom is 0.259 e. The molecule has 0 aromatic rings. The summed E-state index contributed by atoms with van der Waals surface area (Å²) in [5.74, 6) is -0.116. The molecule has 0 aromatic carbocycles. The fraction of sp³-hybridized carbons (Fsp3) is 0.250. The fourth-order valence-electron chi connectivity index (χ4n) is 0.425. The van der Waals surface area contributed by atoms with Crippen LogP contribution in [0.1, 0.15) is 0 Å². The standard InChI is InChI=1S/C4H4NO2/c6-4-1-2-5(7)3-4/h1-2H,3H2/q+1. The largest absolute Gasteiger partial charge is 0.287 e. The van der Waals surface area contributed by atoms with Gasteiger partial charge in [0.2, 0.25) is 12.0 Å². The normalized spacial score (nSPS) is 18.9. The number of hydrogen-bond acceptors (Lipinski definition) is 2. The molecule has 0 saturated heterocycles. The van der Waals surface area contributed by atoms with Crippen molar-refractivity contribution in [1.82, 2.24) is 0 Å². The first-order valence-electron chi connectivity index (χ1n) is 1.94. The highest BCUT2D eigenvalue weighted by Crippen LogP contribution is 1.89. The van der Waals surface area contributed by atoms with Crippen LogP contribution in [0.15, 0.2) is 12.3 Å². The lowest BCUT2D eigenvalue weighted by molar-refractivity contribution is -0.460. The fourth-order valence-corrected chi connectivity index (χ4v) is 0.425. The van der Waals surface area contributed by atoms with Gasteiger partial charge in [0, 0.05) is 9.67 Å². The molecular weight excluding hydrogens is 94.0 g/mol. The lowest BCUT2D eigenvalue weighted by Crippen LogP contribution is -2.02. The summed E-state index contributed by atoms with van der Waals surface area (Å²) in [6.07, 6.45) is 2.50. The van der Waals surface area contributed by atoms with E-state index in [-0.39, 0.29) is 12.3 Å². The Bertz CT molecular complexity index is 132. The third kappa shape index (κ3) is 0.707. The van der Waals surface area contributed by atoms with Crippen molar-refractivity contribution in [1.29, 1.82) is 0 Å². The zero-order valence-electron chi connectivity index (χ0n) is 3.63. The van der Waals surface area contributed by atoms with Gasteiger partial charge in [-0.1, -0.05) is 0 Å². The summed E-state index contributed by atoms with van der Waals surface area (Å²) >= 11 is 0. The molecule has 0 spiro atoms. The zero-order chi connectivity index (χ0) is 5.28. The average molecular weight is 98.1 g/mol. The van der Waals surface area contributed by atoms with E-state index in [1.165, 1.54) is 12.3 Å². The van der Waals surface area contributed by atoms with Crippen LogP contribution < -0.4 is 0 Å². The van der Waals surface area contributed by atoms with E-state index < -0.39 is 0 Å². The van der Waals surface area contributed by atoms with Crippen LogP contribution in [0.3, 0.4) is 0 Å². The first-order valence-corrected chi connectivity index (χ1v) is 1.94. The Morgan fingerprint density at radius 3 is 2.57 bits per heavy atom. The maximum absolute atomic E-state index is 10.1. The van der Waals surface area contributed by atoms with Gasteiger partial charge in [0.15, 0.2) is 0 Å². The predicted molar refractivity (Wildman–Crippen MR) is 22.6 cm³/mol. The third-order valence-corrected chi connectivity index (χ3v) is 0.738. The molecule has 7 heavy (non-hydrogen) atoms. The molecule has 0 amide bonds. The first kappa shape index (κ1) is 4.18. The molecule has 0 bridgehead atoms. The second kappa shape index (κ2) is 1.26. The van der Waals surface area contributed by atoms with Crippen LogP contribution in [0, 0.1) is 4.91 Å². The van der Waals surface area contributed by atoms with Crippen molar-refractivity contribution in [3.05, 3.63) is 17.2 Å². The molecule has 36 valence electrons. The lowest BCUT2D eigenvalue weighted by Gasteiger charge is -1.65. The molecule has 0 unspecified atom stereocenters. The van der Waals surface area contributed by atoms with Gasteiger partial charge in [-0.2, -0.15) is 0 Å². The number of carbonyl (C=O) groups excluding carboxylic acids is 1. The van der Waals surface area contributed by atoms with Crippen molar-refractivity contribution in [2.24, 2.45) is 0 Å². The minimum Gasteiger partial charge on any atom is -0.287 e. The van der Waals surface area contributed by atoms with Gasteiger partial charge in [0.25, 0.3) is 6.54 Å². The number of carbonyl (C=O) groups is 1. The number of rotatable bonds is 0. The van der Waals surface area contributed by atoms with Gasteiger partial charge >= 0.3 is 0 Å². The Kier molecular flexibility index (Phi) is 0.749. The van der Waals surface area contributed by atoms with Gasteiger partial charge in [0.05, 0.1) is 6.08 Å². The lowest BCUT2D eigenvalue weighted by atomic mass is 10.4. The summed E-state index contributed by atoms with van der Waals surface area (Å²) in [4.78, 5) is 20.2. The quantitative estimate of drug-likeness (QED) is 0.395. The summed E-state index contributed by atoms with van der Waals surface area (Å²) in [6.45, 7) is -0.000000000000000222. The molecule has 0 N–H and O–H groups in total. The van der Waals surface area contributed by atoms with Gasteiger partial charge in [-0.15, -0.1) is 0 Å². The van der Waals surface area contributed by atoms with E-state index >= 15 is 0 Å². The molecular formula is C4H4NO2+. The average Bonchev–Trinajstić information content (AvgIpc) is 1.87. The second-order valence-electron chi connectivity index (χ2n) is 1.36. The number of nitrogens with zero attached hydrogens (tertiary/aromatic N) is 1. The number of hydrogen-bond donors (Lipinski definition) is 0. The molecule has 3 nitrogen and oxygen atoms in total. The van der Waals surface area contributed by atoms with Gasteiger partial charge in [0.1, 0.15) is 0 Å². The van der Waals surface area contributed by atoms with Crippen molar-refractivity contribution in [3.8, 4) is 0 Å². The Morgan fingerprint density at radius 2 is 2.43 bits per heavy atom. The highest BCUT2D eigenvalue weighted by Gasteiger charge is 2.17. The van der Waals surface area contributed by atoms with Crippen LogP contribution in [0.2, 0.25) is 0 Å². The monoisotopic (exact) mass is 98.0 g/mol. The molecule has 0 radical (unpaired) electrons. The Labute approximate surface area is 40.2 Å². The van der Waals surface area contributed by atoms with E-state index in [1.54, 1.807) is 0 Å². The molecule has 1 rings (SSSR count). The van der Waals surface area contributed by atoms with Crippen LogP contribution >= 0.6 is 0 Å².